The van der Waals surface area contributed by atoms with Gasteiger partial charge in [-0.3, -0.25) is 4.57 Å². The molecule has 0 amide bonds. The van der Waals surface area contributed by atoms with Gasteiger partial charge in [-0.2, -0.15) is 0 Å². The van der Waals surface area contributed by atoms with Crippen LogP contribution in [0.3, 0.4) is 0 Å². The molecule has 0 fully saturated rings. The number of rotatable bonds is 4. The lowest BCUT2D eigenvalue weighted by molar-refractivity contribution is 0.372. The maximum atomic E-state index is 10.2. The van der Waals surface area contributed by atoms with Crippen LogP contribution in [0.1, 0.15) is 6.92 Å². The summed E-state index contributed by atoms with van der Waals surface area (Å²) in [5.74, 6) is 0. The molecule has 0 radical (unpaired) electrons. The van der Waals surface area contributed by atoms with Crippen molar-refractivity contribution in [3.8, 4) is 0 Å². The summed E-state index contributed by atoms with van der Waals surface area (Å²) < 4.78 is 10.2. The summed E-state index contributed by atoms with van der Waals surface area (Å²) >= 11 is 0. The fraction of sp³-hybridized carbons (Fsp3) is 1.00. The van der Waals surface area contributed by atoms with Crippen LogP contribution in [0, 0.1) is 0 Å². The molecule has 0 spiro atoms. The topological polar surface area (TPSA) is 69.6 Å². The summed E-state index contributed by atoms with van der Waals surface area (Å²) in [6, 6.07) is 0. The van der Waals surface area contributed by atoms with E-state index in [2.05, 4.69) is 5.32 Å². The van der Waals surface area contributed by atoms with E-state index in [1.165, 1.54) is 0 Å². The van der Waals surface area contributed by atoms with Gasteiger partial charge in [0.1, 0.15) is 0 Å². The molecule has 0 aromatic carbocycles. The van der Waals surface area contributed by atoms with Crippen LogP contribution in [0.15, 0.2) is 0 Å². The highest BCUT2D eigenvalue weighted by Gasteiger charge is 2.10. The van der Waals surface area contributed by atoms with E-state index in [-0.39, 0.29) is 6.16 Å². The van der Waals surface area contributed by atoms with Crippen molar-refractivity contribution in [1.29, 1.82) is 0 Å². The number of hydrogen-bond acceptors (Lipinski definition) is 2. The summed E-state index contributed by atoms with van der Waals surface area (Å²) in [6.45, 7) is 3.03. The van der Waals surface area contributed by atoms with E-state index < -0.39 is 7.60 Å². The minimum absolute atomic E-state index is 0.0686. The van der Waals surface area contributed by atoms with E-state index >= 15 is 0 Å². The molecule has 9 heavy (non-hydrogen) atoms. The summed E-state index contributed by atoms with van der Waals surface area (Å²) in [5.41, 5.74) is 0. The van der Waals surface area contributed by atoms with Gasteiger partial charge >= 0.3 is 7.60 Å². The van der Waals surface area contributed by atoms with Crippen LogP contribution in [0.5, 0.6) is 0 Å². The molecule has 0 aliphatic heterocycles. The van der Waals surface area contributed by atoms with Gasteiger partial charge in [0, 0.05) is 6.54 Å². The highest BCUT2D eigenvalue weighted by molar-refractivity contribution is 7.51. The van der Waals surface area contributed by atoms with Crippen LogP contribution < -0.4 is 5.32 Å². The zero-order valence-electron chi connectivity index (χ0n) is 5.37. The molecule has 0 aliphatic carbocycles. The van der Waals surface area contributed by atoms with Crippen LogP contribution in [-0.4, -0.2) is 29.0 Å². The third-order valence-electron chi connectivity index (χ3n) is 0.830. The van der Waals surface area contributed by atoms with Gasteiger partial charge in [0.2, 0.25) is 0 Å². The van der Waals surface area contributed by atoms with Gasteiger partial charge in [0.25, 0.3) is 0 Å². The first-order chi connectivity index (χ1) is 4.06. The minimum atomic E-state index is -3.76. The molecule has 4 nitrogen and oxygen atoms in total. The molecular weight excluding hydrogens is 141 g/mol. The normalized spacial score (nSPS) is 11.9. The van der Waals surface area contributed by atoms with Crippen LogP contribution >= 0.6 is 7.60 Å². The van der Waals surface area contributed by atoms with Crippen molar-refractivity contribution >= 4 is 7.60 Å². The van der Waals surface area contributed by atoms with Crippen LogP contribution in [0.25, 0.3) is 0 Å². The van der Waals surface area contributed by atoms with Crippen molar-refractivity contribution in [2.75, 3.05) is 19.3 Å². The van der Waals surface area contributed by atoms with E-state index in [9.17, 15) is 4.57 Å². The van der Waals surface area contributed by atoms with Crippen LogP contribution in [0.4, 0.5) is 0 Å². The first-order valence-corrected chi connectivity index (χ1v) is 4.61. The van der Waals surface area contributed by atoms with Crippen molar-refractivity contribution < 1.29 is 14.4 Å². The zero-order chi connectivity index (χ0) is 7.33. The fourth-order valence-electron chi connectivity index (χ4n) is 0.401. The summed E-state index contributed by atoms with van der Waals surface area (Å²) in [4.78, 5) is 16.6. The van der Waals surface area contributed by atoms with E-state index in [1.54, 1.807) is 0 Å². The van der Waals surface area contributed by atoms with Crippen molar-refractivity contribution in [3.05, 3.63) is 0 Å². The Balaban J connectivity index is 3.18. The highest BCUT2D eigenvalue weighted by atomic mass is 31.2. The Morgan fingerprint density at radius 2 is 2.11 bits per heavy atom. The average Bonchev–Trinajstić information content (AvgIpc) is 1.63. The second kappa shape index (κ2) is 4.01. The van der Waals surface area contributed by atoms with Gasteiger partial charge in [-0.05, 0) is 6.54 Å². The maximum absolute atomic E-state index is 10.2. The van der Waals surface area contributed by atoms with E-state index in [1.807, 2.05) is 6.92 Å². The lowest BCUT2D eigenvalue weighted by Gasteiger charge is -2.02. The molecule has 0 rings (SSSR count). The molecule has 56 valence electrons. The average molecular weight is 153 g/mol. The SMILES string of the molecule is CCNCCP(=O)(O)O. The van der Waals surface area contributed by atoms with Crippen molar-refractivity contribution in [2.24, 2.45) is 0 Å². The first kappa shape index (κ1) is 9.11. The number of nitrogens with one attached hydrogen (secondary N) is 1. The second-order valence-electron chi connectivity index (χ2n) is 1.74. The Labute approximate surface area is 54.4 Å². The largest absolute Gasteiger partial charge is 0.326 e. The molecule has 0 atom stereocenters. The van der Waals surface area contributed by atoms with E-state index in [0.29, 0.717) is 6.54 Å². The van der Waals surface area contributed by atoms with E-state index in [0.717, 1.165) is 6.54 Å². The van der Waals surface area contributed by atoms with Crippen molar-refractivity contribution in [2.45, 2.75) is 6.92 Å². The second-order valence-corrected chi connectivity index (χ2v) is 3.52. The molecule has 0 saturated carbocycles. The van der Waals surface area contributed by atoms with Crippen molar-refractivity contribution in [3.63, 3.8) is 0 Å². The number of hydrogen-bond donors (Lipinski definition) is 3. The first-order valence-electron chi connectivity index (χ1n) is 2.81. The van der Waals surface area contributed by atoms with Crippen LogP contribution in [-0.2, 0) is 4.57 Å². The standard InChI is InChI=1S/C4H12NO3P/c1-2-5-3-4-9(6,7)8/h5H,2-4H2,1H3,(H2,6,7,8). The maximum Gasteiger partial charge on any atom is 0.326 e. The molecule has 0 aromatic heterocycles. The lowest BCUT2D eigenvalue weighted by atomic mass is 10.7. The molecule has 0 aliphatic rings. The molecule has 5 heteroatoms. The third kappa shape index (κ3) is 8.11. The summed E-state index contributed by atoms with van der Waals surface area (Å²) in [7, 11) is -3.76. The monoisotopic (exact) mass is 153 g/mol. The molecule has 0 heterocycles. The summed E-state index contributed by atoms with van der Waals surface area (Å²) in [5, 5.41) is 2.81. The Morgan fingerprint density at radius 3 is 2.44 bits per heavy atom. The van der Waals surface area contributed by atoms with Gasteiger partial charge in [0.05, 0.1) is 6.16 Å². The molecule has 0 saturated heterocycles. The third-order valence-corrected chi connectivity index (χ3v) is 1.64. The summed E-state index contributed by atoms with van der Waals surface area (Å²) in [6.07, 6.45) is -0.0686. The van der Waals surface area contributed by atoms with Gasteiger partial charge in [0.15, 0.2) is 0 Å². The van der Waals surface area contributed by atoms with Crippen molar-refractivity contribution in [1.82, 2.24) is 5.32 Å². The minimum Gasteiger partial charge on any atom is -0.324 e. The molecular formula is C4H12NO3P. The lowest BCUT2D eigenvalue weighted by Crippen LogP contribution is -2.17. The van der Waals surface area contributed by atoms with Gasteiger partial charge in [-0.1, -0.05) is 6.92 Å². The Hall–Kier alpha value is 0.110. The zero-order valence-corrected chi connectivity index (χ0v) is 6.27. The quantitative estimate of drug-likeness (QED) is 0.385. The van der Waals surface area contributed by atoms with E-state index in [4.69, 9.17) is 9.79 Å². The molecule has 3 N–H and O–H groups in total. The van der Waals surface area contributed by atoms with Gasteiger partial charge < -0.3 is 15.1 Å². The fourth-order valence-corrected chi connectivity index (χ4v) is 0.851. The highest BCUT2D eigenvalue weighted by Crippen LogP contribution is 2.32. The smallest absolute Gasteiger partial charge is 0.324 e. The Kier molecular flexibility index (Phi) is 4.06. The molecule has 0 bridgehead atoms. The molecule has 0 aromatic rings. The van der Waals surface area contributed by atoms with Crippen LogP contribution in [0.2, 0.25) is 0 Å². The predicted molar refractivity (Wildman–Crippen MR) is 35.5 cm³/mol. The van der Waals surface area contributed by atoms with Gasteiger partial charge in [-0.15, -0.1) is 0 Å². The Bertz CT molecular complexity index is 110. The Morgan fingerprint density at radius 1 is 1.56 bits per heavy atom. The van der Waals surface area contributed by atoms with Gasteiger partial charge in [-0.25, -0.2) is 0 Å². The predicted octanol–water partition coefficient (Wildman–Crippen LogP) is -0.226. The molecule has 0 unspecified atom stereocenters.